The van der Waals surface area contributed by atoms with Gasteiger partial charge in [-0.25, -0.2) is 0 Å². The Kier molecular flexibility index (Phi) is 3.88. The van der Waals surface area contributed by atoms with E-state index in [1.807, 2.05) is 0 Å². The minimum absolute atomic E-state index is 0.617. The van der Waals surface area contributed by atoms with Crippen LogP contribution in [0.2, 0.25) is 0 Å². The Labute approximate surface area is 105 Å². The molecule has 1 saturated carbocycles. The first-order valence-electron chi connectivity index (χ1n) is 6.67. The summed E-state index contributed by atoms with van der Waals surface area (Å²) in [6.45, 7) is 8.65. The molecule has 2 unspecified atom stereocenters. The largest absolute Gasteiger partial charge is 0.382 e. The first-order valence-corrected chi connectivity index (χ1v) is 6.67. The van der Waals surface area contributed by atoms with Gasteiger partial charge in [0.2, 0.25) is 0 Å². The van der Waals surface area contributed by atoms with Crippen LogP contribution in [-0.4, -0.2) is 6.04 Å². The summed E-state index contributed by atoms with van der Waals surface area (Å²) >= 11 is 0. The van der Waals surface area contributed by atoms with Crippen LogP contribution in [0.15, 0.2) is 30.8 Å². The SMILES string of the molecule is C=C(NC1CCCC(C)C1)c1cccc(C)c1. The van der Waals surface area contributed by atoms with Crippen molar-refractivity contribution in [1.82, 2.24) is 5.32 Å². The fraction of sp³-hybridized carbons (Fsp3) is 0.500. The predicted molar refractivity (Wildman–Crippen MR) is 74.8 cm³/mol. The summed E-state index contributed by atoms with van der Waals surface area (Å²) in [6.07, 6.45) is 5.30. The summed E-state index contributed by atoms with van der Waals surface area (Å²) in [5.41, 5.74) is 3.60. The smallest absolute Gasteiger partial charge is 0.0343 e. The molecule has 0 saturated heterocycles. The van der Waals surface area contributed by atoms with Gasteiger partial charge in [-0.3, -0.25) is 0 Å². The third-order valence-corrected chi connectivity index (χ3v) is 3.68. The van der Waals surface area contributed by atoms with Gasteiger partial charge in [-0.05, 0) is 37.3 Å². The standard InChI is InChI=1S/C16H23N/c1-12-6-4-8-15(10-12)14(3)17-16-9-5-7-13(2)11-16/h4,6,8,10,13,16-17H,3,5,7,9,11H2,1-2H3. The molecule has 1 aliphatic rings. The molecule has 0 radical (unpaired) electrons. The molecule has 1 N–H and O–H groups in total. The lowest BCUT2D eigenvalue weighted by Crippen LogP contribution is -2.32. The fourth-order valence-electron chi connectivity index (χ4n) is 2.73. The summed E-state index contributed by atoms with van der Waals surface area (Å²) in [7, 11) is 0. The molecule has 0 aromatic heterocycles. The number of nitrogens with one attached hydrogen (secondary N) is 1. The highest BCUT2D eigenvalue weighted by molar-refractivity contribution is 5.62. The van der Waals surface area contributed by atoms with Gasteiger partial charge in [-0.15, -0.1) is 0 Å². The molecule has 2 rings (SSSR count). The van der Waals surface area contributed by atoms with Crippen LogP contribution in [0.25, 0.3) is 5.70 Å². The van der Waals surface area contributed by atoms with Crippen LogP contribution in [0.5, 0.6) is 0 Å². The van der Waals surface area contributed by atoms with Crippen molar-refractivity contribution in [2.45, 2.75) is 45.6 Å². The summed E-state index contributed by atoms with van der Waals surface area (Å²) in [5.74, 6) is 0.853. The molecule has 0 spiro atoms. The van der Waals surface area contributed by atoms with Crippen molar-refractivity contribution in [2.24, 2.45) is 5.92 Å². The Morgan fingerprint density at radius 1 is 1.35 bits per heavy atom. The average Bonchev–Trinajstić information content (AvgIpc) is 2.29. The maximum absolute atomic E-state index is 4.17. The van der Waals surface area contributed by atoms with E-state index in [0.29, 0.717) is 6.04 Å². The second-order valence-corrected chi connectivity index (χ2v) is 5.46. The molecule has 1 fully saturated rings. The third kappa shape index (κ3) is 3.36. The van der Waals surface area contributed by atoms with Crippen molar-refractivity contribution in [1.29, 1.82) is 0 Å². The van der Waals surface area contributed by atoms with Crippen LogP contribution >= 0.6 is 0 Å². The Bertz CT molecular complexity index is 394. The van der Waals surface area contributed by atoms with E-state index in [-0.39, 0.29) is 0 Å². The first-order chi connectivity index (χ1) is 8.15. The highest BCUT2D eigenvalue weighted by atomic mass is 14.9. The van der Waals surface area contributed by atoms with Gasteiger partial charge < -0.3 is 5.32 Å². The van der Waals surface area contributed by atoms with Crippen molar-refractivity contribution < 1.29 is 0 Å². The highest BCUT2D eigenvalue weighted by Crippen LogP contribution is 2.25. The average molecular weight is 229 g/mol. The topological polar surface area (TPSA) is 12.0 Å². The van der Waals surface area contributed by atoms with Crippen LogP contribution in [-0.2, 0) is 0 Å². The molecule has 2 atom stereocenters. The van der Waals surface area contributed by atoms with Crippen LogP contribution in [0.1, 0.15) is 43.7 Å². The third-order valence-electron chi connectivity index (χ3n) is 3.68. The van der Waals surface area contributed by atoms with E-state index in [4.69, 9.17) is 0 Å². The minimum Gasteiger partial charge on any atom is -0.382 e. The van der Waals surface area contributed by atoms with Crippen LogP contribution < -0.4 is 5.32 Å². The first kappa shape index (κ1) is 12.2. The van der Waals surface area contributed by atoms with E-state index in [1.165, 1.54) is 36.8 Å². The molecule has 1 aromatic rings. The van der Waals surface area contributed by atoms with E-state index in [0.717, 1.165) is 11.6 Å². The Hall–Kier alpha value is -1.24. The lowest BCUT2D eigenvalue weighted by Gasteiger charge is -2.29. The zero-order chi connectivity index (χ0) is 12.3. The zero-order valence-corrected chi connectivity index (χ0v) is 11.0. The second-order valence-electron chi connectivity index (χ2n) is 5.46. The summed E-state index contributed by atoms with van der Waals surface area (Å²) in [4.78, 5) is 0. The lowest BCUT2D eigenvalue weighted by atomic mass is 9.87. The number of benzene rings is 1. The van der Waals surface area contributed by atoms with Crippen molar-refractivity contribution in [2.75, 3.05) is 0 Å². The summed E-state index contributed by atoms with van der Waals surface area (Å²) in [5, 5.41) is 3.60. The minimum atomic E-state index is 0.617. The van der Waals surface area contributed by atoms with Gasteiger partial charge in [-0.1, -0.05) is 50.1 Å². The maximum Gasteiger partial charge on any atom is 0.0343 e. The van der Waals surface area contributed by atoms with Gasteiger partial charge in [0, 0.05) is 11.7 Å². The van der Waals surface area contributed by atoms with Crippen molar-refractivity contribution in [3.63, 3.8) is 0 Å². The van der Waals surface area contributed by atoms with E-state index < -0.39 is 0 Å². The van der Waals surface area contributed by atoms with Crippen LogP contribution in [0.4, 0.5) is 0 Å². The second kappa shape index (κ2) is 5.39. The molecule has 1 heteroatoms. The van der Waals surface area contributed by atoms with Gasteiger partial charge in [0.05, 0.1) is 0 Å². The molecule has 0 bridgehead atoms. The lowest BCUT2D eigenvalue weighted by molar-refractivity contribution is 0.323. The Morgan fingerprint density at radius 3 is 2.88 bits per heavy atom. The number of hydrogen-bond acceptors (Lipinski definition) is 1. The molecule has 0 heterocycles. The van der Waals surface area contributed by atoms with Crippen LogP contribution in [0, 0.1) is 12.8 Å². The number of hydrogen-bond donors (Lipinski definition) is 1. The van der Waals surface area contributed by atoms with Crippen LogP contribution in [0.3, 0.4) is 0 Å². The van der Waals surface area contributed by atoms with E-state index in [9.17, 15) is 0 Å². The van der Waals surface area contributed by atoms with E-state index in [1.54, 1.807) is 0 Å². The predicted octanol–water partition coefficient (Wildman–Crippen LogP) is 4.13. The van der Waals surface area contributed by atoms with Crippen molar-refractivity contribution >= 4 is 5.70 Å². The molecule has 0 amide bonds. The molecule has 1 aliphatic carbocycles. The highest BCUT2D eigenvalue weighted by Gasteiger charge is 2.18. The molecule has 92 valence electrons. The van der Waals surface area contributed by atoms with E-state index >= 15 is 0 Å². The number of aryl methyl sites for hydroxylation is 1. The van der Waals surface area contributed by atoms with Gasteiger partial charge >= 0.3 is 0 Å². The van der Waals surface area contributed by atoms with Crippen molar-refractivity contribution in [3.05, 3.63) is 42.0 Å². The molecule has 17 heavy (non-hydrogen) atoms. The normalized spacial score (nSPS) is 24.4. The van der Waals surface area contributed by atoms with Gasteiger partial charge in [0.1, 0.15) is 0 Å². The fourth-order valence-corrected chi connectivity index (χ4v) is 2.73. The van der Waals surface area contributed by atoms with E-state index in [2.05, 4.69) is 50.0 Å². The van der Waals surface area contributed by atoms with Gasteiger partial charge in [0.25, 0.3) is 0 Å². The Balaban J connectivity index is 1.97. The van der Waals surface area contributed by atoms with Crippen molar-refractivity contribution in [3.8, 4) is 0 Å². The molecule has 0 aliphatic heterocycles. The molecule has 1 nitrogen and oxygen atoms in total. The molecular formula is C16H23N. The monoisotopic (exact) mass is 229 g/mol. The summed E-state index contributed by atoms with van der Waals surface area (Å²) in [6, 6.07) is 9.17. The zero-order valence-electron chi connectivity index (χ0n) is 11.0. The van der Waals surface area contributed by atoms with Gasteiger partial charge in [-0.2, -0.15) is 0 Å². The quantitative estimate of drug-likeness (QED) is 0.821. The van der Waals surface area contributed by atoms with Gasteiger partial charge in [0.15, 0.2) is 0 Å². The summed E-state index contributed by atoms with van der Waals surface area (Å²) < 4.78 is 0. The number of rotatable bonds is 3. The molecular weight excluding hydrogens is 206 g/mol. The maximum atomic E-state index is 4.17. The Morgan fingerprint density at radius 2 is 2.18 bits per heavy atom. The molecule has 1 aromatic carbocycles.